The Labute approximate surface area is 119 Å². The van der Waals surface area contributed by atoms with Crippen LogP contribution in [-0.2, 0) is 0 Å². The predicted molar refractivity (Wildman–Crippen MR) is 72.4 cm³/mol. The zero-order valence-corrected chi connectivity index (χ0v) is 11.2. The summed E-state index contributed by atoms with van der Waals surface area (Å²) in [5.41, 5.74) is 5.32. The highest BCUT2D eigenvalue weighted by molar-refractivity contribution is 6.32. The first-order valence-corrected chi connectivity index (χ1v) is 6.23. The van der Waals surface area contributed by atoms with Gasteiger partial charge in [0.15, 0.2) is 11.6 Å². The van der Waals surface area contributed by atoms with E-state index >= 15 is 0 Å². The lowest BCUT2D eigenvalue weighted by molar-refractivity contribution is 0.328. The molecule has 2 aromatic rings. The van der Waals surface area contributed by atoms with Crippen molar-refractivity contribution in [1.82, 2.24) is 0 Å². The highest BCUT2D eigenvalue weighted by Gasteiger charge is 2.08. The molecule has 0 amide bonds. The highest BCUT2D eigenvalue weighted by Crippen LogP contribution is 2.32. The van der Waals surface area contributed by atoms with Gasteiger partial charge in [0.2, 0.25) is 0 Å². The summed E-state index contributed by atoms with van der Waals surface area (Å²) in [4.78, 5) is 0. The Morgan fingerprint density at radius 2 is 1.80 bits per heavy atom. The Morgan fingerprint density at radius 3 is 2.45 bits per heavy atom. The fraction of sp³-hybridized carbons (Fsp3) is 0.143. The molecule has 0 unspecified atom stereocenters. The number of ether oxygens (including phenoxy) is 2. The van der Waals surface area contributed by atoms with Gasteiger partial charge >= 0.3 is 0 Å². The summed E-state index contributed by atoms with van der Waals surface area (Å²) < 4.78 is 36.8. The molecule has 0 aliphatic carbocycles. The summed E-state index contributed by atoms with van der Waals surface area (Å²) in [6.45, 7) is 0.710. The van der Waals surface area contributed by atoms with Crippen LogP contribution < -0.4 is 15.2 Å². The quantitative estimate of drug-likeness (QED) is 0.914. The van der Waals surface area contributed by atoms with E-state index in [1.54, 1.807) is 12.1 Å². The number of rotatable bonds is 5. The van der Waals surface area contributed by atoms with Gasteiger partial charge in [-0.15, -0.1) is 0 Å². The Bertz CT molecular complexity index is 608. The van der Waals surface area contributed by atoms with Gasteiger partial charge in [-0.25, -0.2) is 8.78 Å². The molecule has 0 spiro atoms. The SMILES string of the molecule is NCCOc1ccc(Oc2ccc(F)cc2F)cc1Cl. The molecule has 20 heavy (non-hydrogen) atoms. The van der Waals surface area contributed by atoms with Crippen LogP contribution in [0.3, 0.4) is 0 Å². The van der Waals surface area contributed by atoms with Crippen LogP contribution in [0.25, 0.3) is 0 Å². The third-order valence-electron chi connectivity index (χ3n) is 2.40. The largest absolute Gasteiger partial charge is 0.491 e. The van der Waals surface area contributed by atoms with Gasteiger partial charge in [0.25, 0.3) is 0 Å². The molecule has 0 saturated carbocycles. The molecule has 0 radical (unpaired) electrons. The normalized spacial score (nSPS) is 10.4. The van der Waals surface area contributed by atoms with Gasteiger partial charge < -0.3 is 15.2 Å². The lowest BCUT2D eigenvalue weighted by Gasteiger charge is -2.10. The van der Waals surface area contributed by atoms with Crippen LogP contribution in [0.1, 0.15) is 0 Å². The number of benzene rings is 2. The van der Waals surface area contributed by atoms with Crippen LogP contribution in [0, 0.1) is 11.6 Å². The average molecular weight is 300 g/mol. The van der Waals surface area contributed by atoms with Gasteiger partial charge in [0.05, 0.1) is 5.02 Å². The van der Waals surface area contributed by atoms with Crippen molar-refractivity contribution in [2.24, 2.45) is 5.73 Å². The zero-order chi connectivity index (χ0) is 14.5. The van der Waals surface area contributed by atoms with Crippen molar-refractivity contribution in [2.45, 2.75) is 0 Å². The third-order valence-corrected chi connectivity index (χ3v) is 2.70. The number of hydrogen-bond acceptors (Lipinski definition) is 3. The van der Waals surface area contributed by atoms with Gasteiger partial charge in [-0.3, -0.25) is 0 Å². The Morgan fingerprint density at radius 1 is 1.05 bits per heavy atom. The van der Waals surface area contributed by atoms with E-state index in [1.165, 1.54) is 12.1 Å². The topological polar surface area (TPSA) is 44.5 Å². The summed E-state index contributed by atoms with van der Waals surface area (Å²) in [5.74, 6) is -0.759. The second-order valence-electron chi connectivity index (χ2n) is 3.91. The molecule has 0 atom stereocenters. The lowest BCUT2D eigenvalue weighted by Crippen LogP contribution is -2.10. The van der Waals surface area contributed by atoms with Gasteiger partial charge in [0.1, 0.15) is 23.9 Å². The fourth-order valence-electron chi connectivity index (χ4n) is 1.52. The molecular formula is C14H12ClF2NO2. The number of halogens is 3. The molecule has 0 fully saturated rings. The monoisotopic (exact) mass is 299 g/mol. The molecule has 3 nitrogen and oxygen atoms in total. The van der Waals surface area contributed by atoms with E-state index in [0.29, 0.717) is 29.7 Å². The molecule has 2 rings (SSSR count). The van der Waals surface area contributed by atoms with Crippen LogP contribution >= 0.6 is 11.6 Å². The first-order chi connectivity index (χ1) is 9.60. The average Bonchev–Trinajstić information content (AvgIpc) is 2.41. The Kier molecular flexibility index (Phi) is 4.76. The summed E-state index contributed by atoms with van der Waals surface area (Å²) in [6.07, 6.45) is 0. The van der Waals surface area contributed by atoms with Crippen molar-refractivity contribution in [1.29, 1.82) is 0 Å². The highest BCUT2D eigenvalue weighted by atomic mass is 35.5. The maximum atomic E-state index is 13.4. The van der Waals surface area contributed by atoms with Crippen molar-refractivity contribution in [3.8, 4) is 17.2 Å². The maximum Gasteiger partial charge on any atom is 0.168 e. The first-order valence-electron chi connectivity index (χ1n) is 5.85. The van der Waals surface area contributed by atoms with Crippen LogP contribution in [0.4, 0.5) is 8.78 Å². The summed E-state index contributed by atoms with van der Waals surface area (Å²) in [6, 6.07) is 7.71. The van der Waals surface area contributed by atoms with E-state index in [1.807, 2.05) is 0 Å². The van der Waals surface area contributed by atoms with Crippen LogP contribution in [0.5, 0.6) is 17.2 Å². The van der Waals surface area contributed by atoms with Crippen LogP contribution in [0.15, 0.2) is 36.4 Å². The van der Waals surface area contributed by atoms with Gasteiger partial charge in [-0.1, -0.05) is 11.6 Å². The van der Waals surface area contributed by atoms with Crippen molar-refractivity contribution in [3.05, 3.63) is 53.1 Å². The van der Waals surface area contributed by atoms with E-state index in [2.05, 4.69) is 0 Å². The molecule has 0 heterocycles. The predicted octanol–water partition coefficient (Wildman–Crippen LogP) is 3.75. The summed E-state index contributed by atoms with van der Waals surface area (Å²) >= 11 is 6.00. The van der Waals surface area contributed by atoms with Crippen LogP contribution in [-0.4, -0.2) is 13.2 Å². The third kappa shape index (κ3) is 3.59. The maximum absolute atomic E-state index is 13.4. The molecule has 0 aliphatic heterocycles. The molecule has 2 aromatic carbocycles. The Hall–Kier alpha value is -1.85. The van der Waals surface area contributed by atoms with E-state index in [4.69, 9.17) is 26.8 Å². The van der Waals surface area contributed by atoms with E-state index in [0.717, 1.165) is 12.1 Å². The number of nitrogens with two attached hydrogens (primary N) is 1. The van der Waals surface area contributed by atoms with Gasteiger partial charge in [0, 0.05) is 18.7 Å². The smallest absolute Gasteiger partial charge is 0.168 e. The minimum Gasteiger partial charge on any atom is -0.491 e. The van der Waals surface area contributed by atoms with Gasteiger partial charge in [-0.05, 0) is 24.3 Å². The van der Waals surface area contributed by atoms with Gasteiger partial charge in [-0.2, -0.15) is 0 Å². The molecule has 0 aromatic heterocycles. The molecular weight excluding hydrogens is 288 g/mol. The van der Waals surface area contributed by atoms with Crippen molar-refractivity contribution >= 4 is 11.6 Å². The van der Waals surface area contributed by atoms with E-state index in [9.17, 15) is 8.78 Å². The standard InChI is InChI=1S/C14H12ClF2NO2/c15-11-8-10(2-4-13(11)19-6-5-18)20-14-3-1-9(16)7-12(14)17/h1-4,7-8H,5-6,18H2. The number of hydrogen-bond donors (Lipinski definition) is 1. The zero-order valence-electron chi connectivity index (χ0n) is 10.4. The van der Waals surface area contributed by atoms with E-state index < -0.39 is 11.6 Å². The summed E-state index contributed by atoms with van der Waals surface area (Å²) in [7, 11) is 0. The molecule has 106 valence electrons. The minimum absolute atomic E-state index is 0.0851. The minimum atomic E-state index is -0.787. The summed E-state index contributed by atoms with van der Waals surface area (Å²) in [5, 5.41) is 0.318. The first kappa shape index (κ1) is 14.6. The van der Waals surface area contributed by atoms with Crippen molar-refractivity contribution in [2.75, 3.05) is 13.2 Å². The molecule has 6 heteroatoms. The second kappa shape index (κ2) is 6.54. The van der Waals surface area contributed by atoms with Crippen molar-refractivity contribution < 1.29 is 18.3 Å². The Balaban J connectivity index is 2.15. The van der Waals surface area contributed by atoms with Crippen molar-refractivity contribution in [3.63, 3.8) is 0 Å². The van der Waals surface area contributed by atoms with Crippen LogP contribution in [0.2, 0.25) is 5.02 Å². The van der Waals surface area contributed by atoms with E-state index in [-0.39, 0.29) is 5.75 Å². The molecule has 0 saturated heterocycles. The molecule has 0 bridgehead atoms. The fourth-order valence-corrected chi connectivity index (χ4v) is 1.74. The lowest BCUT2D eigenvalue weighted by atomic mass is 10.3. The molecule has 0 aliphatic rings. The second-order valence-corrected chi connectivity index (χ2v) is 4.31. The molecule has 2 N–H and O–H groups in total.